The lowest BCUT2D eigenvalue weighted by Gasteiger charge is -2.05. The molecular weight excluding hydrogens is 298 g/mol. The van der Waals surface area contributed by atoms with Crippen molar-refractivity contribution in [3.8, 4) is 0 Å². The molecule has 0 fully saturated rings. The molecule has 0 aliphatic heterocycles. The van der Waals surface area contributed by atoms with E-state index in [1.165, 1.54) is 22.9 Å². The summed E-state index contributed by atoms with van der Waals surface area (Å²) in [6.45, 7) is 4.19. The Balaban J connectivity index is 2.28. The number of benzene rings is 1. The number of aromatic nitrogens is 2. The molecule has 0 radical (unpaired) electrons. The van der Waals surface area contributed by atoms with Crippen LogP contribution in [0.2, 0.25) is 0 Å². The van der Waals surface area contributed by atoms with E-state index >= 15 is 0 Å². The molecule has 0 spiro atoms. The number of halogens is 1. The predicted octanol–water partition coefficient (Wildman–Crippen LogP) is 3.59. The highest BCUT2D eigenvalue weighted by Gasteiger charge is 2.04. The Kier molecular flexibility index (Phi) is 3.69. The number of nitrogens with zero attached hydrogens (tertiary/aromatic N) is 2. The number of nitrogens with two attached hydrogens (primary N) is 1. The van der Waals surface area contributed by atoms with Gasteiger partial charge >= 0.3 is 0 Å². The van der Waals surface area contributed by atoms with Crippen LogP contribution in [0.4, 0.5) is 5.82 Å². The summed E-state index contributed by atoms with van der Waals surface area (Å²) in [5.41, 5.74) is 8.22. The minimum Gasteiger partial charge on any atom is -0.384 e. The number of rotatable bonds is 2. The molecule has 0 unspecified atom stereocenters. The predicted molar refractivity (Wildman–Crippen MR) is 74.2 cm³/mol. The van der Waals surface area contributed by atoms with Crippen molar-refractivity contribution in [2.75, 3.05) is 5.73 Å². The molecule has 0 saturated carbocycles. The van der Waals surface area contributed by atoms with E-state index in [1.807, 2.05) is 0 Å². The molecule has 0 bridgehead atoms. The van der Waals surface area contributed by atoms with Crippen LogP contribution in [0.5, 0.6) is 0 Å². The molecule has 5 heteroatoms. The van der Waals surface area contributed by atoms with E-state index in [0.717, 1.165) is 4.90 Å². The Labute approximate surface area is 113 Å². The van der Waals surface area contributed by atoms with Crippen LogP contribution >= 0.6 is 27.7 Å². The zero-order valence-corrected chi connectivity index (χ0v) is 12.0. The second kappa shape index (κ2) is 5.06. The van der Waals surface area contributed by atoms with Crippen LogP contribution in [-0.4, -0.2) is 9.97 Å². The minimum absolute atomic E-state index is 0.471. The van der Waals surface area contributed by atoms with Crippen molar-refractivity contribution >= 4 is 33.5 Å². The van der Waals surface area contributed by atoms with Gasteiger partial charge in [-0.3, -0.25) is 0 Å². The molecule has 2 rings (SSSR count). The Hall–Kier alpha value is -1.07. The number of nitrogen functional groups attached to an aromatic ring is 1. The lowest BCUT2D eigenvalue weighted by molar-refractivity contribution is 0.957. The van der Waals surface area contributed by atoms with Crippen molar-refractivity contribution in [3.05, 3.63) is 40.0 Å². The third-order valence-electron chi connectivity index (χ3n) is 2.38. The molecule has 88 valence electrons. The van der Waals surface area contributed by atoms with Crippen molar-refractivity contribution in [1.29, 1.82) is 0 Å². The van der Waals surface area contributed by atoms with Gasteiger partial charge in [-0.2, -0.15) is 0 Å². The maximum absolute atomic E-state index is 5.67. The molecule has 3 nitrogen and oxygen atoms in total. The monoisotopic (exact) mass is 309 g/mol. The van der Waals surface area contributed by atoms with Gasteiger partial charge in [0.05, 0.1) is 0 Å². The molecule has 17 heavy (non-hydrogen) atoms. The molecule has 1 aromatic carbocycles. The van der Waals surface area contributed by atoms with Crippen molar-refractivity contribution in [3.63, 3.8) is 0 Å². The zero-order valence-electron chi connectivity index (χ0n) is 9.57. The Morgan fingerprint density at radius 2 is 1.88 bits per heavy atom. The highest BCUT2D eigenvalue weighted by molar-refractivity contribution is 9.10. The number of hydrogen-bond donors (Lipinski definition) is 1. The summed E-state index contributed by atoms with van der Waals surface area (Å²) in [7, 11) is 0. The summed E-state index contributed by atoms with van der Waals surface area (Å²) < 4.78 is 0.705. The van der Waals surface area contributed by atoms with E-state index in [9.17, 15) is 0 Å². The third kappa shape index (κ3) is 3.20. The van der Waals surface area contributed by atoms with E-state index in [0.29, 0.717) is 15.6 Å². The summed E-state index contributed by atoms with van der Waals surface area (Å²) in [5, 5.41) is 0.653. The van der Waals surface area contributed by atoms with Crippen LogP contribution in [-0.2, 0) is 0 Å². The van der Waals surface area contributed by atoms with E-state index in [2.05, 4.69) is 57.9 Å². The summed E-state index contributed by atoms with van der Waals surface area (Å²) in [5.74, 6) is 0.471. The summed E-state index contributed by atoms with van der Waals surface area (Å²) in [4.78, 5) is 9.57. The quantitative estimate of drug-likeness (QED) is 0.680. The topological polar surface area (TPSA) is 51.8 Å². The first-order chi connectivity index (χ1) is 8.04. The van der Waals surface area contributed by atoms with Gasteiger partial charge in [-0.25, -0.2) is 9.97 Å². The average molecular weight is 310 g/mol. The standard InChI is InChI=1S/C12H12BrN3S/c1-7-3-4-9(5-8(7)2)17-12-15-10(13)6-11(14)16-12/h3-6H,1-2H3,(H2,14,15,16). The fourth-order valence-electron chi connectivity index (χ4n) is 1.34. The fourth-order valence-corrected chi connectivity index (χ4v) is 2.74. The average Bonchev–Trinajstić information content (AvgIpc) is 2.22. The fraction of sp³-hybridized carbons (Fsp3) is 0.167. The highest BCUT2D eigenvalue weighted by Crippen LogP contribution is 2.27. The van der Waals surface area contributed by atoms with Crippen molar-refractivity contribution in [1.82, 2.24) is 9.97 Å². The van der Waals surface area contributed by atoms with Crippen LogP contribution in [0, 0.1) is 13.8 Å². The van der Waals surface area contributed by atoms with E-state index in [4.69, 9.17) is 5.73 Å². The van der Waals surface area contributed by atoms with Crippen LogP contribution in [0.15, 0.2) is 38.9 Å². The highest BCUT2D eigenvalue weighted by atomic mass is 79.9. The van der Waals surface area contributed by atoms with E-state index < -0.39 is 0 Å². The van der Waals surface area contributed by atoms with Crippen molar-refractivity contribution in [2.45, 2.75) is 23.9 Å². The van der Waals surface area contributed by atoms with Gasteiger partial charge in [0, 0.05) is 11.0 Å². The van der Waals surface area contributed by atoms with Crippen LogP contribution < -0.4 is 5.73 Å². The number of anilines is 1. The second-order valence-corrected chi connectivity index (χ2v) is 5.60. The van der Waals surface area contributed by atoms with Gasteiger partial charge < -0.3 is 5.73 Å². The lowest BCUT2D eigenvalue weighted by atomic mass is 10.1. The Morgan fingerprint density at radius 3 is 2.53 bits per heavy atom. The molecule has 0 amide bonds. The van der Waals surface area contributed by atoms with Crippen LogP contribution in [0.3, 0.4) is 0 Å². The Bertz CT molecular complexity index is 537. The van der Waals surface area contributed by atoms with E-state index in [1.54, 1.807) is 6.07 Å². The van der Waals surface area contributed by atoms with Crippen molar-refractivity contribution < 1.29 is 0 Å². The largest absolute Gasteiger partial charge is 0.384 e. The molecule has 0 atom stereocenters. The van der Waals surface area contributed by atoms with Gasteiger partial charge in [0.15, 0.2) is 5.16 Å². The Morgan fingerprint density at radius 1 is 1.12 bits per heavy atom. The van der Waals surface area contributed by atoms with Crippen LogP contribution in [0.25, 0.3) is 0 Å². The van der Waals surface area contributed by atoms with E-state index in [-0.39, 0.29) is 0 Å². The molecule has 2 aromatic rings. The first-order valence-electron chi connectivity index (χ1n) is 5.10. The third-order valence-corrected chi connectivity index (χ3v) is 3.64. The van der Waals surface area contributed by atoms with Crippen molar-refractivity contribution in [2.24, 2.45) is 0 Å². The molecule has 0 saturated heterocycles. The number of hydrogen-bond acceptors (Lipinski definition) is 4. The maximum atomic E-state index is 5.67. The van der Waals surface area contributed by atoms with Gasteiger partial charge in [0.1, 0.15) is 10.4 Å². The van der Waals surface area contributed by atoms with Gasteiger partial charge in [0.25, 0.3) is 0 Å². The molecular formula is C12H12BrN3S. The normalized spacial score (nSPS) is 10.5. The van der Waals surface area contributed by atoms with Crippen LogP contribution in [0.1, 0.15) is 11.1 Å². The zero-order chi connectivity index (χ0) is 12.4. The summed E-state index contributed by atoms with van der Waals surface area (Å²) in [6, 6.07) is 7.97. The number of aryl methyl sites for hydroxylation is 2. The van der Waals surface area contributed by atoms with Gasteiger partial charge in [-0.05, 0) is 64.8 Å². The summed E-state index contributed by atoms with van der Waals surface area (Å²) >= 11 is 4.81. The lowest BCUT2D eigenvalue weighted by Crippen LogP contribution is -1.94. The molecule has 1 heterocycles. The maximum Gasteiger partial charge on any atom is 0.195 e. The smallest absolute Gasteiger partial charge is 0.195 e. The first-order valence-corrected chi connectivity index (χ1v) is 6.71. The SMILES string of the molecule is Cc1ccc(Sc2nc(N)cc(Br)n2)cc1C. The summed E-state index contributed by atoms with van der Waals surface area (Å²) in [6.07, 6.45) is 0. The molecule has 2 N–H and O–H groups in total. The molecule has 1 aromatic heterocycles. The van der Waals surface area contributed by atoms with Gasteiger partial charge in [-0.1, -0.05) is 6.07 Å². The molecule has 0 aliphatic carbocycles. The molecule has 0 aliphatic rings. The minimum atomic E-state index is 0.471. The second-order valence-electron chi connectivity index (χ2n) is 3.75. The van der Waals surface area contributed by atoms with Gasteiger partial charge in [0.2, 0.25) is 0 Å². The first kappa shape index (κ1) is 12.4. The van der Waals surface area contributed by atoms with Gasteiger partial charge in [-0.15, -0.1) is 0 Å².